The van der Waals surface area contributed by atoms with Crippen LogP contribution in [0.2, 0.25) is 0 Å². The van der Waals surface area contributed by atoms with Gasteiger partial charge >= 0.3 is 0 Å². The van der Waals surface area contributed by atoms with Gasteiger partial charge in [-0.25, -0.2) is 0 Å². The van der Waals surface area contributed by atoms with Gasteiger partial charge in [-0.15, -0.1) is 0 Å². The van der Waals surface area contributed by atoms with Crippen LogP contribution in [0.15, 0.2) is 42.5 Å². The minimum atomic E-state index is 0.666. The highest BCUT2D eigenvalue weighted by Gasteiger charge is 2.10. The molecule has 3 nitrogen and oxygen atoms in total. The lowest BCUT2D eigenvalue weighted by Gasteiger charge is -2.07. The van der Waals surface area contributed by atoms with E-state index < -0.39 is 0 Å². The molecular formula is C17H16N2O. The molecule has 0 bridgehead atoms. The number of nitrogens with one attached hydrogen (secondary N) is 2. The van der Waals surface area contributed by atoms with Crippen molar-refractivity contribution < 1.29 is 4.79 Å². The predicted molar refractivity (Wildman–Crippen MR) is 82.9 cm³/mol. The first-order valence-electron chi connectivity index (χ1n) is 6.59. The van der Waals surface area contributed by atoms with Gasteiger partial charge < -0.3 is 10.3 Å². The summed E-state index contributed by atoms with van der Waals surface area (Å²) in [4.78, 5) is 14.6. The molecule has 1 aromatic heterocycles. The van der Waals surface area contributed by atoms with Crippen LogP contribution >= 0.6 is 0 Å². The van der Waals surface area contributed by atoms with Gasteiger partial charge in [-0.3, -0.25) is 4.79 Å². The lowest BCUT2D eigenvalue weighted by Crippen LogP contribution is -1.95. The number of hydrogen-bond donors (Lipinski definition) is 2. The Morgan fingerprint density at radius 1 is 1.05 bits per heavy atom. The number of aldehydes is 1. The maximum atomic E-state index is 11.4. The highest BCUT2D eigenvalue weighted by atomic mass is 16.1. The molecule has 0 aliphatic rings. The molecule has 0 aliphatic carbocycles. The topological polar surface area (TPSA) is 44.9 Å². The molecule has 2 N–H and O–H groups in total. The molecule has 3 heteroatoms. The first-order valence-corrected chi connectivity index (χ1v) is 6.59. The minimum Gasteiger partial charge on any atom is -0.341 e. The quantitative estimate of drug-likeness (QED) is 0.691. The largest absolute Gasteiger partial charge is 0.341 e. The Hall–Kier alpha value is -2.55. The third-order valence-electron chi connectivity index (χ3n) is 3.64. The summed E-state index contributed by atoms with van der Waals surface area (Å²) < 4.78 is 0. The average molecular weight is 264 g/mol. The number of aromatic amines is 1. The predicted octanol–water partition coefficient (Wildman–Crippen LogP) is 4.34. The molecule has 2 aromatic carbocycles. The molecule has 0 saturated heterocycles. The van der Waals surface area contributed by atoms with Crippen molar-refractivity contribution in [3.8, 4) is 0 Å². The normalized spacial score (nSPS) is 10.7. The number of benzene rings is 2. The number of fused-ring (bicyclic) bond motifs is 1. The van der Waals surface area contributed by atoms with Crippen LogP contribution in [0.3, 0.4) is 0 Å². The van der Waals surface area contributed by atoms with Gasteiger partial charge in [0.05, 0.1) is 5.56 Å². The highest BCUT2D eigenvalue weighted by Crippen LogP contribution is 2.27. The summed E-state index contributed by atoms with van der Waals surface area (Å²) in [6.45, 7) is 4.16. The van der Waals surface area contributed by atoms with Crippen molar-refractivity contribution in [2.75, 3.05) is 5.32 Å². The van der Waals surface area contributed by atoms with Crippen LogP contribution in [0.25, 0.3) is 10.9 Å². The molecule has 0 amide bonds. The molecule has 1 heterocycles. The zero-order valence-electron chi connectivity index (χ0n) is 11.5. The van der Waals surface area contributed by atoms with Crippen LogP contribution in [0.5, 0.6) is 0 Å². The van der Waals surface area contributed by atoms with Gasteiger partial charge in [-0.1, -0.05) is 24.3 Å². The summed E-state index contributed by atoms with van der Waals surface area (Å²) in [6.07, 6.45) is 0.891. The van der Waals surface area contributed by atoms with Crippen molar-refractivity contribution in [1.82, 2.24) is 4.98 Å². The number of para-hydroxylation sites is 1. The van der Waals surface area contributed by atoms with Gasteiger partial charge in [0.2, 0.25) is 0 Å². The molecule has 0 unspecified atom stereocenters. The van der Waals surface area contributed by atoms with E-state index in [-0.39, 0.29) is 0 Å². The van der Waals surface area contributed by atoms with Gasteiger partial charge in [-0.05, 0) is 43.2 Å². The molecular weight excluding hydrogens is 248 g/mol. The maximum Gasteiger partial charge on any atom is 0.154 e. The number of carbonyl (C=O) groups excluding carboxylic acids is 1. The molecule has 0 fully saturated rings. The summed E-state index contributed by atoms with van der Waals surface area (Å²) in [5, 5.41) is 4.23. The van der Waals surface area contributed by atoms with Crippen molar-refractivity contribution in [3.05, 3.63) is 59.2 Å². The summed E-state index contributed by atoms with van der Waals surface area (Å²) >= 11 is 0. The molecule has 0 aliphatic heterocycles. The van der Waals surface area contributed by atoms with Gasteiger partial charge in [0.15, 0.2) is 6.29 Å². The fraction of sp³-hybridized carbons (Fsp3) is 0.118. The second-order valence-corrected chi connectivity index (χ2v) is 5.00. The number of aromatic nitrogens is 1. The Balaban J connectivity index is 2.05. The van der Waals surface area contributed by atoms with Crippen molar-refractivity contribution in [2.45, 2.75) is 13.8 Å². The maximum absolute atomic E-state index is 11.4. The second-order valence-electron chi connectivity index (χ2n) is 5.00. The number of hydrogen-bond acceptors (Lipinski definition) is 2. The molecule has 0 spiro atoms. The molecule has 0 saturated carbocycles. The van der Waals surface area contributed by atoms with Crippen LogP contribution in [0, 0.1) is 13.8 Å². The van der Waals surface area contributed by atoms with Crippen LogP contribution in [0.1, 0.15) is 21.5 Å². The Bertz CT molecular complexity index is 787. The number of anilines is 2. The monoisotopic (exact) mass is 264 g/mol. The van der Waals surface area contributed by atoms with E-state index in [2.05, 4.69) is 36.3 Å². The SMILES string of the molecule is Cc1ccc(Nc2[nH]c3ccccc3c2C=O)cc1C. The van der Waals surface area contributed by atoms with E-state index >= 15 is 0 Å². The summed E-state index contributed by atoms with van der Waals surface area (Å²) in [5.74, 6) is 0.740. The third kappa shape index (κ3) is 2.07. The molecule has 0 radical (unpaired) electrons. The van der Waals surface area contributed by atoms with Gasteiger partial charge in [0.1, 0.15) is 5.82 Å². The lowest BCUT2D eigenvalue weighted by atomic mass is 10.1. The van der Waals surface area contributed by atoms with E-state index in [1.54, 1.807) is 0 Å². The van der Waals surface area contributed by atoms with Crippen LogP contribution in [0.4, 0.5) is 11.5 Å². The van der Waals surface area contributed by atoms with E-state index in [1.165, 1.54) is 11.1 Å². The zero-order valence-corrected chi connectivity index (χ0v) is 11.5. The smallest absolute Gasteiger partial charge is 0.154 e. The molecule has 3 aromatic rings. The fourth-order valence-electron chi connectivity index (χ4n) is 2.35. The first kappa shape index (κ1) is 12.5. The molecule has 3 rings (SSSR count). The Morgan fingerprint density at radius 3 is 2.60 bits per heavy atom. The zero-order chi connectivity index (χ0) is 14.1. The molecule has 100 valence electrons. The van der Waals surface area contributed by atoms with E-state index in [4.69, 9.17) is 0 Å². The lowest BCUT2D eigenvalue weighted by molar-refractivity contribution is 0.112. The van der Waals surface area contributed by atoms with Crippen molar-refractivity contribution >= 4 is 28.7 Å². The van der Waals surface area contributed by atoms with Crippen LogP contribution in [-0.4, -0.2) is 11.3 Å². The molecule has 0 atom stereocenters. The van der Waals surface area contributed by atoms with Gasteiger partial charge in [0, 0.05) is 16.6 Å². The Morgan fingerprint density at radius 2 is 1.85 bits per heavy atom. The Labute approximate surface area is 117 Å². The van der Waals surface area contributed by atoms with E-state index in [0.29, 0.717) is 5.56 Å². The number of H-pyrrole nitrogens is 1. The fourth-order valence-corrected chi connectivity index (χ4v) is 2.35. The Kier molecular flexibility index (Phi) is 3.03. The van der Waals surface area contributed by atoms with Gasteiger partial charge in [0.25, 0.3) is 0 Å². The minimum absolute atomic E-state index is 0.666. The van der Waals surface area contributed by atoms with E-state index in [9.17, 15) is 4.79 Å². The summed E-state index contributed by atoms with van der Waals surface area (Å²) in [5.41, 5.74) is 5.07. The van der Waals surface area contributed by atoms with Gasteiger partial charge in [-0.2, -0.15) is 0 Å². The van der Waals surface area contributed by atoms with Crippen molar-refractivity contribution in [2.24, 2.45) is 0 Å². The summed E-state index contributed by atoms with van der Waals surface area (Å²) in [7, 11) is 0. The second kappa shape index (κ2) is 4.85. The van der Waals surface area contributed by atoms with Crippen molar-refractivity contribution in [3.63, 3.8) is 0 Å². The van der Waals surface area contributed by atoms with Crippen molar-refractivity contribution in [1.29, 1.82) is 0 Å². The van der Waals surface area contributed by atoms with Crippen LogP contribution in [-0.2, 0) is 0 Å². The number of carbonyl (C=O) groups is 1. The van der Waals surface area contributed by atoms with Crippen LogP contribution < -0.4 is 5.32 Å². The third-order valence-corrected chi connectivity index (χ3v) is 3.64. The average Bonchev–Trinajstić information content (AvgIpc) is 2.80. The first-order chi connectivity index (χ1) is 9.69. The summed E-state index contributed by atoms with van der Waals surface area (Å²) in [6, 6.07) is 14.0. The van der Waals surface area contributed by atoms with E-state index in [0.717, 1.165) is 28.7 Å². The standard InChI is InChI=1S/C17H16N2O/c1-11-7-8-13(9-12(11)2)18-17-15(10-20)14-5-3-4-6-16(14)19-17/h3-10,18-19H,1-2H3. The number of rotatable bonds is 3. The molecule has 20 heavy (non-hydrogen) atoms. The highest BCUT2D eigenvalue weighted by molar-refractivity contribution is 6.03. The number of aryl methyl sites for hydroxylation is 2. The van der Waals surface area contributed by atoms with E-state index in [1.807, 2.05) is 30.3 Å².